The molecule has 1 heterocycles. The van der Waals surface area contributed by atoms with E-state index >= 15 is 0 Å². The zero-order valence-electron chi connectivity index (χ0n) is 16.9. The summed E-state index contributed by atoms with van der Waals surface area (Å²) < 4.78 is 13.3. The minimum absolute atomic E-state index is 0.154. The Kier molecular flexibility index (Phi) is 7.26. The highest BCUT2D eigenvalue weighted by molar-refractivity contribution is 9.10. The van der Waals surface area contributed by atoms with Crippen LogP contribution in [0.5, 0.6) is 11.5 Å². The average molecular weight is 468 g/mol. The first-order valence-electron chi connectivity index (χ1n) is 9.66. The Bertz CT molecular complexity index is 1180. The lowest BCUT2D eigenvalue weighted by molar-refractivity contribution is 0.299. The molecule has 0 aliphatic carbocycles. The lowest BCUT2D eigenvalue weighted by atomic mass is 10.2. The summed E-state index contributed by atoms with van der Waals surface area (Å²) >= 11 is 3.41. The summed E-state index contributed by atoms with van der Waals surface area (Å²) in [6.07, 6.45) is 8.36. The number of terminal acetylenes is 1. The third-order valence-corrected chi connectivity index (χ3v) is 4.74. The molecule has 0 amide bonds. The van der Waals surface area contributed by atoms with Gasteiger partial charge in [0.1, 0.15) is 12.4 Å². The predicted molar refractivity (Wildman–Crippen MR) is 123 cm³/mol. The van der Waals surface area contributed by atoms with Crippen molar-refractivity contribution >= 4 is 33.0 Å². The normalized spacial score (nSPS) is 11.0. The zero-order chi connectivity index (χ0) is 21.5. The van der Waals surface area contributed by atoms with E-state index in [1.54, 1.807) is 24.4 Å². The van der Waals surface area contributed by atoms with Gasteiger partial charge >= 0.3 is 0 Å². The number of benzene rings is 2. The Labute approximate surface area is 183 Å². The molecule has 3 rings (SSSR count). The number of nitrogens with zero attached hydrogens (tertiary/aromatic N) is 3. The second-order valence-corrected chi connectivity index (χ2v) is 7.35. The Balaban J connectivity index is 2.03. The lowest BCUT2D eigenvalue weighted by Crippen LogP contribution is -2.22. The number of aryl methyl sites for hydroxylation is 1. The van der Waals surface area contributed by atoms with Crippen LogP contribution in [0.25, 0.3) is 10.9 Å². The first-order valence-corrected chi connectivity index (χ1v) is 10.4. The Morgan fingerprint density at radius 3 is 2.77 bits per heavy atom. The van der Waals surface area contributed by atoms with Gasteiger partial charge in [-0.3, -0.25) is 4.79 Å². The molecule has 0 saturated carbocycles. The van der Waals surface area contributed by atoms with Gasteiger partial charge in [-0.25, -0.2) is 4.98 Å². The predicted octanol–water partition coefficient (Wildman–Crippen LogP) is 4.40. The molecule has 0 saturated heterocycles. The Morgan fingerprint density at radius 2 is 2.03 bits per heavy atom. The minimum atomic E-state index is -0.208. The van der Waals surface area contributed by atoms with Gasteiger partial charge in [-0.2, -0.15) is 9.78 Å². The van der Waals surface area contributed by atoms with Gasteiger partial charge in [-0.1, -0.05) is 28.8 Å². The van der Waals surface area contributed by atoms with E-state index < -0.39 is 0 Å². The molecule has 6 nitrogen and oxygen atoms in total. The Morgan fingerprint density at radius 1 is 1.20 bits per heavy atom. The maximum absolute atomic E-state index is 13.1. The lowest BCUT2D eigenvalue weighted by Gasteiger charge is -2.11. The number of rotatable bonds is 8. The average Bonchev–Trinajstić information content (AvgIpc) is 2.74. The van der Waals surface area contributed by atoms with Crippen molar-refractivity contribution in [2.75, 3.05) is 13.2 Å². The van der Waals surface area contributed by atoms with E-state index in [2.05, 4.69) is 31.9 Å². The maximum atomic E-state index is 13.1. The summed E-state index contributed by atoms with van der Waals surface area (Å²) in [5, 5.41) is 4.95. The second-order valence-electron chi connectivity index (χ2n) is 6.43. The molecule has 0 radical (unpaired) electrons. The quantitative estimate of drug-likeness (QED) is 0.363. The van der Waals surface area contributed by atoms with Crippen LogP contribution in [0, 0.1) is 12.3 Å². The standard InChI is InChI=1S/C23H22BrN3O3/c1-4-7-22-26-19-10-9-17(24)14-18(19)23(28)27(22)25-15-16-8-11-20(30-12-5-2)21(13-16)29-6-3/h2,8-11,13-15H,4,6-7,12H2,1,3H3. The van der Waals surface area contributed by atoms with Crippen LogP contribution in [0.3, 0.4) is 0 Å². The fourth-order valence-corrected chi connectivity index (χ4v) is 3.30. The van der Waals surface area contributed by atoms with Crippen molar-refractivity contribution in [1.29, 1.82) is 0 Å². The molecule has 1 aromatic heterocycles. The number of aromatic nitrogens is 2. The fourth-order valence-electron chi connectivity index (χ4n) is 2.94. The van der Waals surface area contributed by atoms with Crippen molar-refractivity contribution in [1.82, 2.24) is 9.66 Å². The van der Waals surface area contributed by atoms with Gasteiger partial charge in [0.05, 0.1) is 23.7 Å². The number of fused-ring (bicyclic) bond motifs is 1. The smallest absolute Gasteiger partial charge is 0.282 e. The highest BCUT2D eigenvalue weighted by Gasteiger charge is 2.11. The number of hydrogen-bond acceptors (Lipinski definition) is 5. The van der Waals surface area contributed by atoms with E-state index in [-0.39, 0.29) is 12.2 Å². The number of halogens is 1. The third-order valence-electron chi connectivity index (χ3n) is 4.25. The molecule has 0 fully saturated rings. The van der Waals surface area contributed by atoms with E-state index in [9.17, 15) is 4.79 Å². The van der Waals surface area contributed by atoms with Crippen LogP contribution in [0.15, 0.2) is 50.8 Å². The summed E-state index contributed by atoms with van der Waals surface area (Å²) in [6.45, 7) is 4.56. The van der Waals surface area contributed by atoms with Crippen molar-refractivity contribution in [2.24, 2.45) is 5.10 Å². The van der Waals surface area contributed by atoms with Crippen LogP contribution < -0.4 is 15.0 Å². The molecule has 3 aromatic rings. The number of ether oxygens (including phenoxy) is 2. The topological polar surface area (TPSA) is 65.7 Å². The van der Waals surface area contributed by atoms with Gasteiger partial charge in [0, 0.05) is 10.9 Å². The van der Waals surface area contributed by atoms with Gasteiger partial charge in [0.15, 0.2) is 11.5 Å². The number of hydrogen-bond donors (Lipinski definition) is 0. The molecule has 0 bridgehead atoms. The molecule has 0 spiro atoms. The SMILES string of the molecule is C#CCOc1ccc(C=Nn2c(CCC)nc3ccc(Br)cc3c2=O)cc1OCC. The summed E-state index contributed by atoms with van der Waals surface area (Å²) in [6, 6.07) is 10.9. The summed E-state index contributed by atoms with van der Waals surface area (Å²) in [5.41, 5.74) is 1.21. The van der Waals surface area contributed by atoms with Gasteiger partial charge in [-0.05, 0) is 55.3 Å². The van der Waals surface area contributed by atoms with Crippen LogP contribution in [-0.2, 0) is 6.42 Å². The van der Waals surface area contributed by atoms with Gasteiger partial charge in [0.25, 0.3) is 5.56 Å². The van der Waals surface area contributed by atoms with Crippen molar-refractivity contribution in [3.8, 4) is 23.8 Å². The highest BCUT2D eigenvalue weighted by Crippen LogP contribution is 2.28. The first kappa shape index (κ1) is 21.6. The van der Waals surface area contributed by atoms with Crippen LogP contribution in [0.1, 0.15) is 31.7 Å². The van der Waals surface area contributed by atoms with Crippen LogP contribution >= 0.6 is 15.9 Å². The highest BCUT2D eigenvalue weighted by atomic mass is 79.9. The van der Waals surface area contributed by atoms with E-state index in [0.29, 0.717) is 41.3 Å². The molecule has 2 aromatic carbocycles. The van der Waals surface area contributed by atoms with Crippen LogP contribution in [-0.4, -0.2) is 29.1 Å². The van der Waals surface area contributed by atoms with Crippen molar-refractivity contribution in [2.45, 2.75) is 26.7 Å². The second kappa shape index (κ2) is 10.1. The van der Waals surface area contributed by atoms with Crippen molar-refractivity contribution in [3.63, 3.8) is 0 Å². The summed E-state index contributed by atoms with van der Waals surface area (Å²) in [7, 11) is 0. The molecule has 0 atom stereocenters. The van der Waals surface area contributed by atoms with E-state index in [1.807, 2.05) is 32.0 Å². The largest absolute Gasteiger partial charge is 0.490 e. The molecular formula is C23H22BrN3O3. The van der Waals surface area contributed by atoms with Gasteiger partial charge < -0.3 is 9.47 Å². The third kappa shape index (κ3) is 4.89. The van der Waals surface area contributed by atoms with E-state index in [0.717, 1.165) is 16.5 Å². The molecule has 0 aliphatic heterocycles. The van der Waals surface area contributed by atoms with Crippen LogP contribution in [0.4, 0.5) is 0 Å². The van der Waals surface area contributed by atoms with E-state index in [1.165, 1.54) is 4.68 Å². The summed E-state index contributed by atoms with van der Waals surface area (Å²) in [5.74, 6) is 4.19. The van der Waals surface area contributed by atoms with E-state index in [4.69, 9.17) is 15.9 Å². The fraction of sp³-hybridized carbons (Fsp3) is 0.261. The molecule has 0 unspecified atom stereocenters. The van der Waals surface area contributed by atoms with Crippen LogP contribution in [0.2, 0.25) is 0 Å². The molecule has 30 heavy (non-hydrogen) atoms. The first-order chi connectivity index (χ1) is 14.6. The molecule has 0 N–H and O–H groups in total. The van der Waals surface area contributed by atoms with Crippen molar-refractivity contribution in [3.05, 3.63) is 62.6 Å². The zero-order valence-corrected chi connectivity index (χ0v) is 18.5. The molecule has 7 heteroatoms. The van der Waals surface area contributed by atoms with Gasteiger partial charge in [0.2, 0.25) is 0 Å². The molecule has 154 valence electrons. The minimum Gasteiger partial charge on any atom is -0.490 e. The van der Waals surface area contributed by atoms with Gasteiger partial charge in [-0.15, -0.1) is 6.42 Å². The van der Waals surface area contributed by atoms with Crippen molar-refractivity contribution < 1.29 is 9.47 Å². The maximum Gasteiger partial charge on any atom is 0.282 e. The Hall–Kier alpha value is -3.11. The monoisotopic (exact) mass is 467 g/mol. The summed E-state index contributed by atoms with van der Waals surface area (Å²) in [4.78, 5) is 17.7. The molecule has 0 aliphatic rings. The molecular weight excluding hydrogens is 446 g/mol.